The van der Waals surface area contributed by atoms with Crippen LogP contribution in [0.4, 0.5) is 0 Å². The Hall–Kier alpha value is -0.840. The van der Waals surface area contributed by atoms with Gasteiger partial charge in [0.05, 0.1) is 6.20 Å². The van der Waals surface area contributed by atoms with E-state index in [1.807, 2.05) is 36.1 Å². The normalized spacial score (nSPS) is 10.9. The smallest absolute Gasteiger partial charge is 0.0537 e. The van der Waals surface area contributed by atoms with Crippen LogP contribution in [0, 0.1) is 6.92 Å². The summed E-state index contributed by atoms with van der Waals surface area (Å²) in [6.07, 6.45) is 1.89. The van der Waals surface area contributed by atoms with Gasteiger partial charge in [-0.15, -0.1) is 0 Å². The zero-order valence-electron chi connectivity index (χ0n) is 10.4. The minimum atomic E-state index is 0.750. The first-order valence-electron chi connectivity index (χ1n) is 5.70. The van der Waals surface area contributed by atoms with E-state index in [1.165, 1.54) is 11.3 Å². The summed E-state index contributed by atoms with van der Waals surface area (Å²) in [5, 5.41) is 8.37. The quantitative estimate of drug-likeness (QED) is 0.932. The first-order chi connectivity index (χ1) is 8.58. The molecule has 0 fully saturated rings. The number of rotatable bonds is 4. The van der Waals surface area contributed by atoms with Crippen molar-refractivity contribution in [1.82, 2.24) is 15.1 Å². The standard InChI is InChI=1S/C13H15BrClN3/c1-9-11(8-17-18(9)2)7-16-6-10-3-4-12(14)5-13(10)15/h3-5,8,16H,6-7H2,1-2H3. The fourth-order valence-corrected chi connectivity index (χ4v) is 2.45. The minimum absolute atomic E-state index is 0.750. The molecule has 1 heterocycles. The Morgan fingerprint density at radius 2 is 2.06 bits per heavy atom. The molecule has 1 N–H and O–H groups in total. The maximum atomic E-state index is 6.16. The largest absolute Gasteiger partial charge is 0.308 e. The van der Waals surface area contributed by atoms with Crippen LogP contribution in [0.2, 0.25) is 5.02 Å². The number of hydrogen-bond donors (Lipinski definition) is 1. The molecule has 0 saturated heterocycles. The maximum absolute atomic E-state index is 6.16. The molecule has 96 valence electrons. The van der Waals surface area contributed by atoms with Crippen LogP contribution in [-0.2, 0) is 20.1 Å². The lowest BCUT2D eigenvalue weighted by Gasteiger charge is -2.07. The molecule has 0 amide bonds. The predicted molar refractivity (Wildman–Crippen MR) is 77.6 cm³/mol. The number of benzene rings is 1. The van der Waals surface area contributed by atoms with Crippen molar-refractivity contribution in [2.75, 3.05) is 0 Å². The Bertz CT molecular complexity index is 551. The zero-order valence-corrected chi connectivity index (χ0v) is 12.7. The molecular formula is C13H15BrClN3. The van der Waals surface area contributed by atoms with Crippen LogP contribution in [0.5, 0.6) is 0 Å². The predicted octanol–water partition coefficient (Wildman–Crippen LogP) is 3.43. The molecule has 0 saturated carbocycles. The Morgan fingerprint density at radius 1 is 1.33 bits per heavy atom. The second-order valence-electron chi connectivity index (χ2n) is 4.22. The van der Waals surface area contributed by atoms with E-state index in [9.17, 15) is 0 Å². The number of halogens is 2. The van der Waals surface area contributed by atoms with Gasteiger partial charge in [-0.25, -0.2) is 0 Å². The highest BCUT2D eigenvalue weighted by atomic mass is 79.9. The minimum Gasteiger partial charge on any atom is -0.308 e. The molecule has 0 aliphatic carbocycles. The molecule has 18 heavy (non-hydrogen) atoms. The van der Waals surface area contributed by atoms with Gasteiger partial charge in [0.1, 0.15) is 0 Å². The van der Waals surface area contributed by atoms with Gasteiger partial charge in [-0.2, -0.15) is 5.10 Å². The summed E-state index contributed by atoms with van der Waals surface area (Å²) in [6.45, 7) is 3.61. The lowest BCUT2D eigenvalue weighted by atomic mass is 10.2. The van der Waals surface area contributed by atoms with E-state index < -0.39 is 0 Å². The van der Waals surface area contributed by atoms with Crippen LogP contribution >= 0.6 is 27.5 Å². The molecule has 2 rings (SSSR count). The third-order valence-electron chi connectivity index (χ3n) is 2.98. The highest BCUT2D eigenvalue weighted by molar-refractivity contribution is 9.10. The molecule has 0 aliphatic heterocycles. The maximum Gasteiger partial charge on any atom is 0.0537 e. The molecule has 0 spiro atoms. The summed E-state index contributed by atoms with van der Waals surface area (Å²) in [6, 6.07) is 5.93. The lowest BCUT2D eigenvalue weighted by Crippen LogP contribution is -2.13. The Balaban J connectivity index is 1.94. The summed E-state index contributed by atoms with van der Waals surface area (Å²) in [4.78, 5) is 0. The van der Waals surface area contributed by atoms with Gasteiger partial charge in [-0.1, -0.05) is 33.6 Å². The molecule has 0 bridgehead atoms. The van der Waals surface area contributed by atoms with Gasteiger partial charge in [0.15, 0.2) is 0 Å². The van der Waals surface area contributed by atoms with E-state index in [1.54, 1.807) is 0 Å². The van der Waals surface area contributed by atoms with Gasteiger partial charge in [0.2, 0.25) is 0 Å². The second-order valence-corrected chi connectivity index (χ2v) is 5.54. The van der Waals surface area contributed by atoms with Crippen molar-refractivity contribution in [1.29, 1.82) is 0 Å². The molecular weight excluding hydrogens is 314 g/mol. The number of nitrogens with zero attached hydrogens (tertiary/aromatic N) is 2. The average molecular weight is 329 g/mol. The zero-order chi connectivity index (χ0) is 13.1. The first-order valence-corrected chi connectivity index (χ1v) is 6.87. The van der Waals surface area contributed by atoms with Gasteiger partial charge in [-0.3, -0.25) is 4.68 Å². The van der Waals surface area contributed by atoms with Crippen molar-refractivity contribution in [2.24, 2.45) is 7.05 Å². The molecule has 1 aromatic carbocycles. The monoisotopic (exact) mass is 327 g/mol. The third kappa shape index (κ3) is 3.13. The van der Waals surface area contributed by atoms with Gasteiger partial charge >= 0.3 is 0 Å². The number of nitrogens with one attached hydrogen (secondary N) is 1. The average Bonchev–Trinajstić information content (AvgIpc) is 2.64. The summed E-state index contributed by atoms with van der Waals surface area (Å²) in [5.74, 6) is 0. The molecule has 0 aliphatic rings. The Kier molecular flexibility index (Phi) is 4.43. The van der Waals surface area contributed by atoms with Crippen molar-refractivity contribution >= 4 is 27.5 Å². The Labute approximate surface area is 120 Å². The fraction of sp³-hybridized carbons (Fsp3) is 0.308. The lowest BCUT2D eigenvalue weighted by molar-refractivity contribution is 0.684. The van der Waals surface area contributed by atoms with Crippen LogP contribution in [0.3, 0.4) is 0 Å². The first kappa shape index (κ1) is 13.6. The van der Waals surface area contributed by atoms with Gasteiger partial charge in [0.25, 0.3) is 0 Å². The topological polar surface area (TPSA) is 29.9 Å². The molecule has 0 atom stereocenters. The van der Waals surface area contributed by atoms with Gasteiger partial charge < -0.3 is 5.32 Å². The second kappa shape index (κ2) is 5.87. The summed E-state index contributed by atoms with van der Waals surface area (Å²) >= 11 is 9.56. The SMILES string of the molecule is Cc1c(CNCc2ccc(Br)cc2Cl)cnn1C. The molecule has 0 unspecified atom stereocenters. The van der Waals surface area contributed by atoms with Crippen molar-refractivity contribution in [3.05, 3.63) is 50.7 Å². The Morgan fingerprint density at radius 3 is 2.67 bits per heavy atom. The van der Waals surface area contributed by atoms with Crippen molar-refractivity contribution in [2.45, 2.75) is 20.0 Å². The van der Waals surface area contributed by atoms with Crippen LogP contribution in [-0.4, -0.2) is 9.78 Å². The number of aryl methyl sites for hydroxylation is 1. The fourth-order valence-electron chi connectivity index (χ4n) is 1.71. The van der Waals surface area contributed by atoms with E-state index in [4.69, 9.17) is 11.6 Å². The summed E-state index contributed by atoms with van der Waals surface area (Å²) in [7, 11) is 1.95. The molecule has 3 nitrogen and oxygen atoms in total. The summed E-state index contributed by atoms with van der Waals surface area (Å²) in [5.41, 5.74) is 3.50. The number of aromatic nitrogens is 2. The van der Waals surface area contributed by atoms with Crippen molar-refractivity contribution in [3.63, 3.8) is 0 Å². The van der Waals surface area contributed by atoms with E-state index in [0.717, 1.165) is 28.1 Å². The van der Waals surface area contributed by atoms with E-state index in [2.05, 4.69) is 33.3 Å². The summed E-state index contributed by atoms with van der Waals surface area (Å²) < 4.78 is 2.88. The van der Waals surface area contributed by atoms with Crippen molar-refractivity contribution in [3.8, 4) is 0 Å². The van der Waals surface area contributed by atoms with Gasteiger partial charge in [0, 0.05) is 40.9 Å². The van der Waals surface area contributed by atoms with Crippen LogP contribution in [0.15, 0.2) is 28.9 Å². The highest BCUT2D eigenvalue weighted by Crippen LogP contribution is 2.21. The van der Waals surface area contributed by atoms with Crippen LogP contribution in [0.1, 0.15) is 16.8 Å². The molecule has 1 aromatic heterocycles. The highest BCUT2D eigenvalue weighted by Gasteiger charge is 2.04. The third-order valence-corrected chi connectivity index (χ3v) is 3.83. The van der Waals surface area contributed by atoms with Crippen LogP contribution in [0.25, 0.3) is 0 Å². The van der Waals surface area contributed by atoms with E-state index in [-0.39, 0.29) is 0 Å². The van der Waals surface area contributed by atoms with Gasteiger partial charge in [-0.05, 0) is 24.6 Å². The number of hydrogen-bond acceptors (Lipinski definition) is 2. The van der Waals surface area contributed by atoms with E-state index >= 15 is 0 Å². The molecule has 0 radical (unpaired) electrons. The van der Waals surface area contributed by atoms with Crippen LogP contribution < -0.4 is 5.32 Å². The van der Waals surface area contributed by atoms with E-state index in [0.29, 0.717) is 0 Å². The van der Waals surface area contributed by atoms with Crippen molar-refractivity contribution < 1.29 is 0 Å². The molecule has 2 aromatic rings. The molecule has 5 heteroatoms.